The van der Waals surface area contributed by atoms with Crippen LogP contribution in [0.3, 0.4) is 0 Å². The first-order chi connectivity index (χ1) is 17.6. The van der Waals surface area contributed by atoms with Crippen molar-refractivity contribution >= 4 is 24.1 Å². The van der Waals surface area contributed by atoms with E-state index in [1.165, 1.54) is 0 Å². The van der Waals surface area contributed by atoms with Crippen molar-refractivity contribution in [1.82, 2.24) is 16.0 Å². The highest BCUT2D eigenvalue weighted by molar-refractivity contribution is 5.89. The van der Waals surface area contributed by atoms with Gasteiger partial charge in [0.05, 0.1) is 0 Å². The summed E-state index contributed by atoms with van der Waals surface area (Å²) in [6.45, 7) is 14.6. The molecule has 10 nitrogen and oxygen atoms in total. The van der Waals surface area contributed by atoms with E-state index in [9.17, 15) is 19.2 Å². The third-order valence-electron chi connectivity index (χ3n) is 5.03. The number of esters is 1. The van der Waals surface area contributed by atoms with Crippen LogP contribution in [0.25, 0.3) is 0 Å². The lowest BCUT2D eigenvalue weighted by molar-refractivity contribution is -0.160. The van der Waals surface area contributed by atoms with Gasteiger partial charge in [0.2, 0.25) is 5.91 Å². The first kappa shape index (κ1) is 32.7. The summed E-state index contributed by atoms with van der Waals surface area (Å²) in [6, 6.07) is 7.33. The molecule has 0 unspecified atom stereocenters. The number of unbranched alkanes of at least 4 members (excludes halogenated alkanes) is 1. The van der Waals surface area contributed by atoms with E-state index in [0.717, 1.165) is 5.56 Å². The summed E-state index contributed by atoms with van der Waals surface area (Å²) in [5.41, 5.74) is -0.505. The molecular weight excluding hydrogens is 490 g/mol. The van der Waals surface area contributed by atoms with Gasteiger partial charge >= 0.3 is 18.2 Å². The minimum Gasteiger partial charge on any atom is -0.458 e. The predicted molar refractivity (Wildman–Crippen MR) is 144 cm³/mol. The molecule has 0 spiro atoms. The van der Waals surface area contributed by atoms with E-state index in [1.54, 1.807) is 55.4 Å². The summed E-state index contributed by atoms with van der Waals surface area (Å²) in [6.07, 6.45) is 0.0435. The van der Waals surface area contributed by atoms with Crippen molar-refractivity contribution in [2.24, 2.45) is 5.92 Å². The maximum Gasteiger partial charge on any atom is 0.408 e. The Morgan fingerprint density at radius 3 is 1.97 bits per heavy atom. The summed E-state index contributed by atoms with van der Waals surface area (Å²) < 4.78 is 16.0. The van der Waals surface area contributed by atoms with Crippen molar-refractivity contribution in [3.05, 3.63) is 35.9 Å². The van der Waals surface area contributed by atoms with Gasteiger partial charge in [-0.1, -0.05) is 44.2 Å². The topological polar surface area (TPSA) is 132 Å². The standard InChI is InChI=1S/C28H45N3O7/c1-19(2)22(24(33)37-27(3,4)5)31-23(32)21(16-12-13-17-29-25(34)38-28(6,7)8)30-26(35)36-18-20-14-10-9-11-15-20/h9-11,14-15,19,21-22H,12-13,16-18H2,1-8H3,(H,29,34)(H,30,35)(H,31,32)/t21-,22-/m0/s1. The fraction of sp³-hybridized carbons (Fsp3) is 0.643. The molecule has 3 amide bonds. The van der Waals surface area contributed by atoms with Gasteiger partial charge in [0, 0.05) is 6.54 Å². The number of rotatable bonds is 12. The monoisotopic (exact) mass is 535 g/mol. The second-order valence-corrected chi connectivity index (χ2v) is 11.4. The summed E-state index contributed by atoms with van der Waals surface area (Å²) in [5.74, 6) is -1.31. The Morgan fingerprint density at radius 2 is 1.42 bits per heavy atom. The van der Waals surface area contributed by atoms with Gasteiger partial charge in [0.25, 0.3) is 0 Å². The van der Waals surface area contributed by atoms with Gasteiger partial charge in [0.15, 0.2) is 0 Å². The van der Waals surface area contributed by atoms with Crippen LogP contribution < -0.4 is 16.0 Å². The van der Waals surface area contributed by atoms with Gasteiger partial charge in [-0.05, 0) is 72.3 Å². The smallest absolute Gasteiger partial charge is 0.408 e. The normalized spacial score (nSPS) is 13.2. The zero-order chi connectivity index (χ0) is 28.9. The molecule has 0 aliphatic carbocycles. The molecule has 10 heteroatoms. The van der Waals surface area contributed by atoms with Crippen molar-refractivity contribution in [2.75, 3.05) is 6.54 Å². The van der Waals surface area contributed by atoms with Crippen molar-refractivity contribution in [2.45, 2.75) is 105 Å². The number of ether oxygens (including phenoxy) is 3. The second-order valence-electron chi connectivity index (χ2n) is 11.4. The average molecular weight is 536 g/mol. The molecule has 0 aliphatic rings. The molecule has 0 saturated carbocycles. The number of alkyl carbamates (subject to hydrolysis) is 2. The number of hydrogen-bond acceptors (Lipinski definition) is 7. The van der Waals surface area contributed by atoms with Gasteiger partial charge in [-0.25, -0.2) is 14.4 Å². The molecule has 2 atom stereocenters. The summed E-state index contributed by atoms with van der Waals surface area (Å²) in [5, 5.41) is 8.01. The zero-order valence-electron chi connectivity index (χ0n) is 24.0. The van der Waals surface area contributed by atoms with Crippen molar-refractivity contribution in [3.8, 4) is 0 Å². The molecule has 3 N–H and O–H groups in total. The third kappa shape index (κ3) is 14.4. The van der Waals surface area contributed by atoms with E-state index in [1.807, 2.05) is 30.3 Å². The Kier molecular flexibility index (Phi) is 13.1. The van der Waals surface area contributed by atoms with E-state index in [-0.39, 0.29) is 18.9 Å². The molecule has 0 bridgehead atoms. The summed E-state index contributed by atoms with van der Waals surface area (Å²) in [4.78, 5) is 50.2. The largest absolute Gasteiger partial charge is 0.458 e. The van der Waals surface area contributed by atoms with Gasteiger partial charge < -0.3 is 30.2 Å². The highest BCUT2D eigenvalue weighted by Gasteiger charge is 2.32. The third-order valence-corrected chi connectivity index (χ3v) is 5.03. The average Bonchev–Trinajstić information content (AvgIpc) is 2.78. The first-order valence-electron chi connectivity index (χ1n) is 13.0. The number of hydrogen-bond donors (Lipinski definition) is 3. The maximum atomic E-state index is 13.2. The van der Waals surface area contributed by atoms with Crippen molar-refractivity contribution in [1.29, 1.82) is 0 Å². The van der Waals surface area contributed by atoms with E-state index in [0.29, 0.717) is 19.4 Å². The Balaban J connectivity index is 2.79. The van der Waals surface area contributed by atoms with Crippen LogP contribution in [0.5, 0.6) is 0 Å². The molecule has 0 saturated heterocycles. The SMILES string of the molecule is CC(C)[C@H](NC(=O)[C@H](CCCCNC(=O)OC(C)(C)C)NC(=O)OCc1ccccc1)C(=O)OC(C)(C)C. The summed E-state index contributed by atoms with van der Waals surface area (Å²) >= 11 is 0. The molecule has 0 fully saturated rings. The van der Waals surface area contributed by atoms with E-state index >= 15 is 0 Å². The Hall–Kier alpha value is -3.30. The zero-order valence-corrected chi connectivity index (χ0v) is 24.0. The highest BCUT2D eigenvalue weighted by atomic mass is 16.6. The lowest BCUT2D eigenvalue weighted by Gasteiger charge is -2.28. The van der Waals surface area contributed by atoms with Crippen molar-refractivity contribution < 1.29 is 33.4 Å². The second kappa shape index (κ2) is 15.2. The van der Waals surface area contributed by atoms with Crippen LogP contribution in [0, 0.1) is 5.92 Å². The quantitative estimate of drug-likeness (QED) is 0.204. The molecule has 0 aliphatic heterocycles. The number of amides is 3. The molecule has 1 aromatic rings. The highest BCUT2D eigenvalue weighted by Crippen LogP contribution is 2.13. The fourth-order valence-corrected chi connectivity index (χ4v) is 3.27. The predicted octanol–water partition coefficient (Wildman–Crippen LogP) is 4.46. The molecule has 0 radical (unpaired) electrons. The first-order valence-corrected chi connectivity index (χ1v) is 13.0. The molecule has 214 valence electrons. The number of carbonyl (C=O) groups excluding carboxylic acids is 4. The van der Waals surface area contributed by atoms with Gasteiger partial charge in [-0.3, -0.25) is 4.79 Å². The van der Waals surface area contributed by atoms with E-state index in [4.69, 9.17) is 14.2 Å². The van der Waals surface area contributed by atoms with E-state index < -0.39 is 47.3 Å². The van der Waals surface area contributed by atoms with E-state index in [2.05, 4.69) is 16.0 Å². The van der Waals surface area contributed by atoms with Crippen LogP contribution in [0.4, 0.5) is 9.59 Å². The van der Waals surface area contributed by atoms with Crippen LogP contribution in [-0.2, 0) is 30.4 Å². The van der Waals surface area contributed by atoms with Gasteiger partial charge in [-0.2, -0.15) is 0 Å². The van der Waals surface area contributed by atoms with Crippen LogP contribution in [0.1, 0.15) is 80.2 Å². The minimum atomic E-state index is -0.955. The van der Waals surface area contributed by atoms with Gasteiger partial charge in [0.1, 0.15) is 29.9 Å². The van der Waals surface area contributed by atoms with Gasteiger partial charge in [-0.15, -0.1) is 0 Å². The molecular formula is C28H45N3O7. The fourth-order valence-electron chi connectivity index (χ4n) is 3.27. The Bertz CT molecular complexity index is 905. The van der Waals surface area contributed by atoms with Crippen molar-refractivity contribution in [3.63, 3.8) is 0 Å². The Labute approximate surface area is 226 Å². The lowest BCUT2D eigenvalue weighted by atomic mass is 10.0. The van der Waals surface area contributed by atoms with Crippen LogP contribution in [0.2, 0.25) is 0 Å². The molecule has 38 heavy (non-hydrogen) atoms. The molecule has 0 heterocycles. The number of nitrogens with one attached hydrogen (secondary N) is 3. The number of carbonyl (C=O) groups is 4. The van der Waals surface area contributed by atoms with Crippen LogP contribution >= 0.6 is 0 Å². The molecule has 0 aromatic heterocycles. The van der Waals surface area contributed by atoms with Crippen LogP contribution in [0.15, 0.2) is 30.3 Å². The minimum absolute atomic E-state index is 0.0490. The number of benzene rings is 1. The lowest BCUT2D eigenvalue weighted by Crippen LogP contribution is -2.54. The maximum absolute atomic E-state index is 13.2. The molecule has 1 aromatic carbocycles. The Morgan fingerprint density at radius 1 is 0.816 bits per heavy atom. The molecule has 1 rings (SSSR count). The van der Waals surface area contributed by atoms with Crippen LogP contribution in [-0.4, -0.2) is 53.9 Å². The summed E-state index contributed by atoms with van der Waals surface area (Å²) in [7, 11) is 0.